The molecule has 1 aromatic carbocycles. The number of methoxy groups -OCH3 is 1. The van der Waals surface area contributed by atoms with E-state index in [2.05, 4.69) is 20.5 Å². The molecule has 2 heterocycles. The highest BCUT2D eigenvalue weighted by molar-refractivity contribution is 7.99. The molecule has 126 valence electrons. The number of benzene rings is 1. The zero-order valence-corrected chi connectivity index (χ0v) is 14.4. The Morgan fingerprint density at radius 1 is 1.12 bits per heavy atom. The molecule has 0 aliphatic carbocycles. The highest BCUT2D eigenvalue weighted by atomic mass is 32.2. The molecule has 0 fully saturated rings. The molecule has 1 N–H and O–H groups in total. The van der Waals surface area contributed by atoms with E-state index < -0.39 is 0 Å². The third-order valence-electron chi connectivity index (χ3n) is 3.32. The first-order chi connectivity index (χ1) is 12.2. The lowest BCUT2D eigenvalue weighted by atomic mass is 10.1. The molecule has 3 aromatic rings. The summed E-state index contributed by atoms with van der Waals surface area (Å²) in [4.78, 5) is 15.9. The summed E-state index contributed by atoms with van der Waals surface area (Å²) in [6.45, 7) is 0. The lowest BCUT2D eigenvalue weighted by Crippen LogP contribution is -2.14. The van der Waals surface area contributed by atoms with Crippen LogP contribution in [0.1, 0.15) is 0 Å². The van der Waals surface area contributed by atoms with Crippen LogP contribution in [0.15, 0.2) is 66.0 Å². The zero-order valence-electron chi connectivity index (χ0n) is 13.5. The van der Waals surface area contributed by atoms with Gasteiger partial charge in [0.15, 0.2) is 0 Å². The first kappa shape index (κ1) is 16.9. The molecule has 0 bridgehead atoms. The second-order valence-corrected chi connectivity index (χ2v) is 6.06. The molecule has 1 amide bonds. The van der Waals surface area contributed by atoms with Gasteiger partial charge in [0.1, 0.15) is 10.8 Å². The van der Waals surface area contributed by atoms with E-state index in [4.69, 9.17) is 4.74 Å². The molecular weight excluding hydrogens is 336 g/mol. The number of aromatic nitrogens is 3. The minimum Gasteiger partial charge on any atom is -0.497 e. The van der Waals surface area contributed by atoms with Gasteiger partial charge in [-0.1, -0.05) is 11.8 Å². The number of amides is 1. The van der Waals surface area contributed by atoms with Crippen molar-refractivity contribution < 1.29 is 9.53 Å². The summed E-state index contributed by atoms with van der Waals surface area (Å²) in [5, 5.41) is 11.9. The molecule has 0 radical (unpaired) electrons. The Labute approximate surface area is 149 Å². The molecule has 3 rings (SSSR count). The van der Waals surface area contributed by atoms with Gasteiger partial charge in [-0.3, -0.25) is 9.78 Å². The highest BCUT2D eigenvalue weighted by Crippen LogP contribution is 2.22. The smallest absolute Gasteiger partial charge is 0.234 e. The van der Waals surface area contributed by atoms with Crippen molar-refractivity contribution in [3.63, 3.8) is 0 Å². The van der Waals surface area contributed by atoms with Crippen molar-refractivity contribution in [3.8, 4) is 17.0 Å². The monoisotopic (exact) mass is 352 g/mol. The number of nitrogens with zero attached hydrogens (tertiary/aromatic N) is 3. The van der Waals surface area contributed by atoms with E-state index in [0.717, 1.165) is 17.0 Å². The largest absolute Gasteiger partial charge is 0.497 e. The Morgan fingerprint density at radius 3 is 2.60 bits per heavy atom. The maximum atomic E-state index is 11.9. The molecule has 0 unspecified atom stereocenters. The van der Waals surface area contributed by atoms with Crippen LogP contribution in [0.5, 0.6) is 5.75 Å². The fourth-order valence-electron chi connectivity index (χ4n) is 2.09. The number of pyridine rings is 1. The quantitative estimate of drug-likeness (QED) is 0.686. The summed E-state index contributed by atoms with van der Waals surface area (Å²) in [7, 11) is 1.63. The van der Waals surface area contributed by atoms with Gasteiger partial charge in [0.2, 0.25) is 5.91 Å². The first-order valence-corrected chi connectivity index (χ1v) is 8.54. The number of hydrogen-bond donors (Lipinski definition) is 1. The van der Waals surface area contributed by atoms with Crippen molar-refractivity contribution in [2.45, 2.75) is 5.03 Å². The second kappa shape index (κ2) is 8.25. The number of anilines is 1. The van der Waals surface area contributed by atoms with Gasteiger partial charge >= 0.3 is 0 Å². The summed E-state index contributed by atoms with van der Waals surface area (Å²) in [5.41, 5.74) is 2.40. The predicted molar refractivity (Wildman–Crippen MR) is 97.6 cm³/mol. The van der Waals surface area contributed by atoms with E-state index in [0.29, 0.717) is 10.7 Å². The maximum absolute atomic E-state index is 11.9. The van der Waals surface area contributed by atoms with E-state index in [-0.39, 0.29) is 11.7 Å². The van der Waals surface area contributed by atoms with Crippen LogP contribution >= 0.6 is 11.8 Å². The number of hydrogen-bond acceptors (Lipinski definition) is 6. The number of carbonyl (C=O) groups excluding carboxylic acids is 1. The molecule has 0 saturated heterocycles. The topological polar surface area (TPSA) is 77.0 Å². The second-order valence-electron chi connectivity index (χ2n) is 5.06. The standard InChI is InChI=1S/C18H16N4O2S/c1-24-15-6-4-13(5-7-15)16-8-9-18(22-21-16)25-12-17(23)20-14-3-2-10-19-11-14/h2-11H,12H2,1H3,(H,20,23). The third-order valence-corrected chi connectivity index (χ3v) is 4.24. The van der Waals surface area contributed by atoms with Crippen LogP contribution in [0, 0.1) is 0 Å². The Kier molecular flexibility index (Phi) is 5.58. The van der Waals surface area contributed by atoms with Crippen molar-refractivity contribution in [2.24, 2.45) is 0 Å². The summed E-state index contributed by atoms with van der Waals surface area (Å²) in [6.07, 6.45) is 3.26. The van der Waals surface area contributed by atoms with Crippen LogP contribution in [0.2, 0.25) is 0 Å². The van der Waals surface area contributed by atoms with Gasteiger partial charge in [-0.15, -0.1) is 10.2 Å². The normalized spacial score (nSPS) is 10.3. The summed E-state index contributed by atoms with van der Waals surface area (Å²) in [5.74, 6) is 0.938. The molecule has 0 spiro atoms. The Bertz CT molecular complexity index is 824. The minimum absolute atomic E-state index is 0.112. The third kappa shape index (κ3) is 4.77. The van der Waals surface area contributed by atoms with Crippen LogP contribution in [-0.4, -0.2) is 34.0 Å². The van der Waals surface area contributed by atoms with Gasteiger partial charge in [0.25, 0.3) is 0 Å². The first-order valence-electron chi connectivity index (χ1n) is 7.55. The molecule has 0 aliphatic heterocycles. The molecule has 0 aliphatic rings. The fourth-order valence-corrected chi connectivity index (χ4v) is 2.70. The number of thioether (sulfide) groups is 1. The average molecular weight is 352 g/mol. The Balaban J connectivity index is 1.56. The maximum Gasteiger partial charge on any atom is 0.234 e. The number of carbonyl (C=O) groups is 1. The van der Waals surface area contributed by atoms with Gasteiger partial charge in [-0.05, 0) is 48.5 Å². The lowest BCUT2D eigenvalue weighted by molar-refractivity contribution is -0.113. The van der Waals surface area contributed by atoms with Gasteiger partial charge in [-0.2, -0.15) is 0 Å². The molecule has 6 nitrogen and oxygen atoms in total. The number of nitrogens with one attached hydrogen (secondary N) is 1. The Morgan fingerprint density at radius 2 is 1.96 bits per heavy atom. The van der Waals surface area contributed by atoms with Gasteiger partial charge in [0.05, 0.1) is 30.4 Å². The molecule has 25 heavy (non-hydrogen) atoms. The molecule has 0 saturated carbocycles. The van der Waals surface area contributed by atoms with Crippen molar-refractivity contribution in [1.29, 1.82) is 0 Å². The Hall–Kier alpha value is -2.93. The predicted octanol–water partition coefficient (Wildman–Crippen LogP) is 3.28. The molecule has 7 heteroatoms. The number of rotatable bonds is 6. The number of ether oxygens (including phenoxy) is 1. The van der Waals surface area contributed by atoms with Crippen LogP contribution in [0.4, 0.5) is 5.69 Å². The van der Waals surface area contributed by atoms with Crippen molar-refractivity contribution in [2.75, 3.05) is 18.2 Å². The highest BCUT2D eigenvalue weighted by Gasteiger charge is 2.06. The fraction of sp³-hybridized carbons (Fsp3) is 0.111. The van der Waals surface area contributed by atoms with E-state index in [1.54, 1.807) is 31.6 Å². The summed E-state index contributed by atoms with van der Waals surface area (Å²) >= 11 is 1.33. The molecule has 0 atom stereocenters. The van der Waals surface area contributed by atoms with Gasteiger partial charge in [0, 0.05) is 11.8 Å². The molecule has 2 aromatic heterocycles. The minimum atomic E-state index is -0.112. The van der Waals surface area contributed by atoms with Crippen molar-refractivity contribution in [3.05, 3.63) is 60.9 Å². The zero-order chi connectivity index (χ0) is 17.5. The van der Waals surface area contributed by atoms with Gasteiger partial charge in [-0.25, -0.2) is 0 Å². The van der Waals surface area contributed by atoms with Crippen LogP contribution < -0.4 is 10.1 Å². The van der Waals surface area contributed by atoms with Crippen LogP contribution in [-0.2, 0) is 4.79 Å². The van der Waals surface area contributed by atoms with Crippen molar-refractivity contribution >= 4 is 23.4 Å². The van der Waals surface area contributed by atoms with E-state index in [1.807, 2.05) is 36.4 Å². The summed E-state index contributed by atoms with van der Waals surface area (Å²) in [6, 6.07) is 14.9. The van der Waals surface area contributed by atoms with E-state index in [1.165, 1.54) is 11.8 Å². The SMILES string of the molecule is COc1ccc(-c2ccc(SCC(=O)Nc3cccnc3)nn2)cc1. The molecular formula is C18H16N4O2S. The van der Waals surface area contributed by atoms with E-state index >= 15 is 0 Å². The summed E-state index contributed by atoms with van der Waals surface area (Å²) < 4.78 is 5.14. The van der Waals surface area contributed by atoms with Gasteiger partial charge < -0.3 is 10.1 Å². The van der Waals surface area contributed by atoms with E-state index in [9.17, 15) is 4.79 Å². The van der Waals surface area contributed by atoms with Crippen molar-refractivity contribution in [1.82, 2.24) is 15.2 Å². The van der Waals surface area contributed by atoms with Crippen LogP contribution in [0.3, 0.4) is 0 Å². The lowest BCUT2D eigenvalue weighted by Gasteiger charge is -2.05. The van der Waals surface area contributed by atoms with Crippen LogP contribution in [0.25, 0.3) is 11.3 Å². The average Bonchev–Trinajstić information content (AvgIpc) is 2.68.